The summed E-state index contributed by atoms with van der Waals surface area (Å²) >= 11 is 5.47. The van der Waals surface area contributed by atoms with Crippen LogP contribution in [0.2, 0.25) is 0 Å². The number of carboxylic acids is 2. The van der Waals surface area contributed by atoms with Crippen LogP contribution in [0, 0.1) is 33.5 Å². The van der Waals surface area contributed by atoms with Gasteiger partial charge in [-0.2, -0.15) is 0 Å². The van der Waals surface area contributed by atoms with Crippen LogP contribution < -0.4 is 0 Å². The fourth-order valence-electron chi connectivity index (χ4n) is 9.52. The second-order valence-electron chi connectivity index (χ2n) is 29.8. The molecule has 4 unspecified atom stereocenters. The summed E-state index contributed by atoms with van der Waals surface area (Å²) < 4.78 is 41.6. The van der Waals surface area contributed by atoms with Crippen LogP contribution in [-0.2, 0) is 104 Å². The zero-order chi connectivity index (χ0) is 84.9. The summed E-state index contributed by atoms with van der Waals surface area (Å²) in [6, 6.07) is 34.9. The van der Waals surface area contributed by atoms with Crippen LogP contribution in [0.15, 0.2) is 131 Å². The second kappa shape index (κ2) is 55.8. The van der Waals surface area contributed by atoms with Gasteiger partial charge in [0.25, 0.3) is 0 Å². The summed E-state index contributed by atoms with van der Waals surface area (Å²) in [5, 5.41) is 18.7. The predicted molar refractivity (Wildman–Crippen MR) is 460 cm³/mol. The van der Waals surface area contributed by atoms with E-state index >= 15 is 0 Å². The van der Waals surface area contributed by atoms with Crippen LogP contribution in [0.1, 0.15) is 249 Å². The number of para-hydroxylation sites is 2. The highest BCUT2D eigenvalue weighted by molar-refractivity contribution is 8.13. The van der Waals surface area contributed by atoms with Crippen molar-refractivity contribution in [3.05, 3.63) is 150 Å². The maximum atomic E-state index is 12.0. The van der Waals surface area contributed by atoms with E-state index in [0.29, 0.717) is 55.9 Å². The molecule has 7 rings (SSSR count). The highest BCUT2D eigenvalue weighted by Gasteiger charge is 2.37. The third-order valence-electron chi connectivity index (χ3n) is 19.4. The van der Waals surface area contributed by atoms with E-state index in [1.165, 1.54) is 50.4 Å². The van der Waals surface area contributed by atoms with Crippen molar-refractivity contribution in [1.29, 1.82) is 0 Å². The Bertz CT molecular complexity index is 3830. The number of hydrogen-bond acceptors (Lipinski definition) is 23. The van der Waals surface area contributed by atoms with Gasteiger partial charge in [0.1, 0.15) is 52.9 Å². The summed E-state index contributed by atoms with van der Waals surface area (Å²) in [5.41, 5.74) is 7.49. The van der Waals surface area contributed by atoms with Gasteiger partial charge in [0, 0.05) is 29.6 Å². The lowest BCUT2D eigenvalue weighted by molar-refractivity contribution is -0.164. The molecule has 2 N–H and O–H groups in total. The molecule has 0 radical (unpaired) electrons. The van der Waals surface area contributed by atoms with E-state index in [1.807, 2.05) is 85.0 Å². The highest BCUT2D eigenvalue weighted by atomic mass is 32.2. The van der Waals surface area contributed by atoms with Gasteiger partial charge in [0.05, 0.1) is 67.3 Å². The summed E-state index contributed by atoms with van der Waals surface area (Å²) in [5.74, 6) is -3.27. The summed E-state index contributed by atoms with van der Waals surface area (Å²) in [6.07, 6.45) is 9.45. The normalized spacial score (nSPS) is 13.8. The Labute approximate surface area is 697 Å². The smallest absolute Gasteiger partial charge is 0.333 e. The number of carboxylic acid groups (broad SMARTS) is 2. The molecule has 4 aromatic carbocycles. The molecule has 0 saturated heterocycles. The third kappa shape index (κ3) is 41.1. The van der Waals surface area contributed by atoms with Crippen LogP contribution in [0.3, 0.4) is 0 Å². The molecule has 1 aliphatic heterocycles. The highest BCUT2D eigenvalue weighted by Crippen LogP contribution is 2.35. The van der Waals surface area contributed by atoms with Crippen molar-refractivity contribution in [3.8, 4) is 0 Å². The van der Waals surface area contributed by atoms with Gasteiger partial charge in [-0.05, 0) is 172 Å². The minimum atomic E-state index is -1.05. The number of aliphatic imine (C=N–C) groups is 1. The van der Waals surface area contributed by atoms with Gasteiger partial charge in [0.15, 0.2) is 4.34 Å². The molecule has 1 fully saturated rings. The third-order valence-corrected chi connectivity index (χ3v) is 22.7. The number of rotatable bonds is 36. The molecule has 1 saturated carbocycles. The lowest BCUT2D eigenvalue weighted by atomic mass is 9.79. The summed E-state index contributed by atoms with van der Waals surface area (Å²) in [7, 11) is 0. The van der Waals surface area contributed by atoms with Gasteiger partial charge in [-0.15, -0.1) is 23.1 Å². The van der Waals surface area contributed by atoms with Crippen molar-refractivity contribution >= 4 is 116 Å². The number of aromatic nitrogens is 1. The van der Waals surface area contributed by atoms with Crippen molar-refractivity contribution in [1.82, 2.24) is 4.98 Å². The van der Waals surface area contributed by atoms with Crippen molar-refractivity contribution in [2.45, 2.75) is 244 Å². The predicted octanol–water partition coefficient (Wildman–Crippen LogP) is 20.6. The number of esters is 8. The first-order chi connectivity index (χ1) is 53.3. The zero-order valence-corrected chi connectivity index (χ0v) is 72.1. The lowest BCUT2D eigenvalue weighted by Crippen LogP contribution is -2.34. The number of fused-ring (bicyclic) bond motifs is 2. The number of ether oxygens (including phenoxy) is 8. The number of benzene rings is 4. The molecule has 640 valence electrons. The molecule has 1 aliphatic carbocycles. The maximum Gasteiger partial charge on any atom is 0.333 e. The standard InChI is InChI=1S/C19H21NS.C18H19NS2.C16H26O6.C12H20O6.C12H20O4.C11H18O4.2CH4/c1-3-14(2)16-10-8-15(9-11-16)13-21-19-12-17-6-4-5-7-18(17)20-19;1-3-13(2)15-10-8-14(9-11-15)12-20-18-19-16-6-4-5-7-17(16)21-18;1-4-16(2,3)15(20)22-10-9-21-14(19)12-8-6-5-7-11(12)13(17)18;1-4-12(2,3)11(16)18-8-7-17-10(15)6-5-9(13)14;1-6-12(4,5)11(14)16-8-7-15-10(13)9(2)3;1-5-9(12)14-7-8-15-10(13)11(3,4)6-2;;/h4-11,14H,3,12-13H2,1-2H3;4-11,13H,3,12H2,1-2H3;11-12H,4-10H2,1-3H3,(H,17,18);4-8H2,1-3H3,(H,13,14);2,6-8H2,1,3-5H3;5H,1,6-8H2,2-4H3;2*1H4. The molecule has 2 heterocycles. The minimum Gasteiger partial charge on any atom is -0.481 e. The Morgan fingerprint density at radius 1 is 0.530 bits per heavy atom. The number of thioether (sulfide) groups is 2. The zero-order valence-electron chi connectivity index (χ0n) is 69.7. The van der Waals surface area contributed by atoms with E-state index in [0.717, 1.165) is 52.4 Å². The topological polar surface area (TPSA) is 310 Å². The quantitative estimate of drug-likeness (QED) is 0.0124. The molecule has 4 atom stereocenters. The minimum absolute atomic E-state index is 0. The number of carbonyl (C=O) groups excluding carboxylic acids is 8. The van der Waals surface area contributed by atoms with Crippen molar-refractivity contribution < 1.29 is 96.1 Å². The SMILES string of the molecule is C.C.C=C(C)C(=O)OCCOC(=O)C(C)(C)CC.C=CC(=O)OCCOC(=O)C(C)(C)CC.CCC(C)(C)C(=O)OCCOC(=O)C1CCCCC1C(=O)O.CCC(C)(C)C(=O)OCCOC(=O)CCC(=O)O.CCC(C)c1ccc(CSC2=Nc3ccccc3C2)cc1.CCC(C)c1ccc(CSc2nc3ccccc3s2)cc1. The molecule has 25 heteroatoms. The van der Waals surface area contributed by atoms with E-state index in [-0.39, 0.29) is 104 Å². The van der Waals surface area contributed by atoms with E-state index < -0.39 is 69.3 Å². The fraction of sp³-hybridized carbons (Fsp3) is 0.556. The lowest BCUT2D eigenvalue weighted by Gasteiger charge is -2.26. The molecule has 0 bridgehead atoms. The van der Waals surface area contributed by atoms with Gasteiger partial charge in [-0.25, -0.2) is 19.6 Å². The van der Waals surface area contributed by atoms with Crippen LogP contribution in [0.5, 0.6) is 0 Å². The first-order valence-electron chi connectivity index (χ1n) is 38.9. The van der Waals surface area contributed by atoms with Crippen molar-refractivity contribution in [3.63, 3.8) is 0 Å². The Balaban J connectivity index is 0.00000136. The monoisotopic (exact) mass is 1660 g/mol. The average molecular weight is 1660 g/mol. The van der Waals surface area contributed by atoms with Crippen LogP contribution >= 0.6 is 34.9 Å². The molecular formula is C90H132N2O20S3. The number of aliphatic carboxylic acids is 2. The molecule has 2 aliphatic rings. The van der Waals surface area contributed by atoms with Gasteiger partial charge >= 0.3 is 59.7 Å². The van der Waals surface area contributed by atoms with Crippen LogP contribution in [-0.4, -0.2) is 133 Å². The molecule has 0 amide bonds. The first-order valence-corrected chi connectivity index (χ1v) is 41.7. The van der Waals surface area contributed by atoms with Gasteiger partial charge in [-0.1, -0.05) is 187 Å². The van der Waals surface area contributed by atoms with Gasteiger partial charge in [0.2, 0.25) is 0 Å². The van der Waals surface area contributed by atoms with E-state index in [2.05, 4.69) is 142 Å². The van der Waals surface area contributed by atoms with Gasteiger partial charge < -0.3 is 48.1 Å². The molecule has 0 spiro atoms. The van der Waals surface area contributed by atoms with Crippen molar-refractivity contribution in [2.24, 2.45) is 38.5 Å². The van der Waals surface area contributed by atoms with Crippen LogP contribution in [0.25, 0.3) is 10.2 Å². The number of hydrogen-bond donors (Lipinski definition) is 2. The van der Waals surface area contributed by atoms with Crippen LogP contribution in [0.4, 0.5) is 5.69 Å². The Morgan fingerprint density at radius 3 is 1.36 bits per heavy atom. The molecule has 1 aromatic heterocycles. The van der Waals surface area contributed by atoms with Gasteiger partial charge in [-0.3, -0.25) is 38.4 Å². The number of nitrogens with zero attached hydrogens (tertiary/aromatic N) is 2. The largest absolute Gasteiger partial charge is 0.481 e. The van der Waals surface area contributed by atoms with E-state index in [1.54, 1.807) is 46.0 Å². The maximum absolute atomic E-state index is 12.0. The Morgan fingerprint density at radius 2 is 0.939 bits per heavy atom. The van der Waals surface area contributed by atoms with E-state index in [4.69, 9.17) is 48.4 Å². The molecule has 5 aromatic rings. The molecule has 115 heavy (non-hydrogen) atoms. The Hall–Kier alpha value is -8.68. The molecular weight excluding hydrogens is 1530 g/mol. The number of thiazole rings is 1. The number of carbonyl (C=O) groups is 10. The average Bonchev–Trinajstić information content (AvgIpc) is 1.74. The first kappa shape index (κ1) is 106. The summed E-state index contributed by atoms with van der Waals surface area (Å²) in [6.45, 7) is 39.5. The fourth-order valence-corrected chi connectivity index (χ4v) is 12.5. The Kier molecular flexibility index (Phi) is 51.6. The van der Waals surface area contributed by atoms with Crippen molar-refractivity contribution in [2.75, 3.05) is 52.9 Å². The second-order valence-corrected chi connectivity index (χ2v) is 33.1. The summed E-state index contributed by atoms with van der Waals surface area (Å²) in [4.78, 5) is 122. The van der Waals surface area contributed by atoms with E-state index in [9.17, 15) is 47.9 Å². The molecule has 22 nitrogen and oxygen atoms in total.